The highest BCUT2D eigenvalue weighted by atomic mass is 31.1. The maximum absolute atomic E-state index is 13.5. The summed E-state index contributed by atoms with van der Waals surface area (Å²) in [5.41, 5.74) is 4.05. The summed E-state index contributed by atoms with van der Waals surface area (Å²) in [5.74, 6) is 0.0476. The van der Waals surface area contributed by atoms with E-state index in [9.17, 15) is 4.79 Å². The fourth-order valence-corrected chi connectivity index (χ4v) is 6.87. The highest BCUT2D eigenvalue weighted by molar-refractivity contribution is 7.80. The SMILES string of the molecule is CCC(C)C(N=Cc1ccccc1P(c1ccccc1)c1ccccc1)C(=O)Nc1c(C)cccc1C. The smallest absolute Gasteiger partial charge is 0.249 e. The van der Waals surface area contributed by atoms with Gasteiger partial charge >= 0.3 is 0 Å². The number of carbonyl (C=O) groups excluding carboxylic acids is 1. The monoisotopic (exact) mass is 506 g/mol. The van der Waals surface area contributed by atoms with E-state index in [0.29, 0.717) is 0 Å². The number of hydrogen-bond acceptors (Lipinski definition) is 2. The zero-order valence-corrected chi connectivity index (χ0v) is 23.0. The second-order valence-electron chi connectivity index (χ2n) is 9.43. The van der Waals surface area contributed by atoms with Gasteiger partial charge in [0.2, 0.25) is 5.91 Å². The van der Waals surface area contributed by atoms with E-state index in [1.807, 2.05) is 44.3 Å². The molecular formula is C33H35N2OP. The molecule has 0 saturated heterocycles. The second-order valence-corrected chi connectivity index (χ2v) is 11.6. The number of rotatable bonds is 9. The average Bonchev–Trinajstić information content (AvgIpc) is 2.93. The third kappa shape index (κ3) is 6.42. The number of nitrogens with zero attached hydrogens (tertiary/aromatic N) is 1. The van der Waals surface area contributed by atoms with Crippen molar-refractivity contribution < 1.29 is 4.79 Å². The van der Waals surface area contributed by atoms with E-state index in [-0.39, 0.29) is 11.8 Å². The molecule has 1 N–H and O–H groups in total. The van der Waals surface area contributed by atoms with Gasteiger partial charge in [-0.1, -0.05) is 123 Å². The first-order chi connectivity index (χ1) is 18.0. The van der Waals surface area contributed by atoms with Crippen molar-refractivity contribution >= 4 is 41.6 Å². The van der Waals surface area contributed by atoms with Crippen molar-refractivity contribution in [2.75, 3.05) is 5.32 Å². The molecule has 4 rings (SSSR count). The number of benzene rings is 4. The third-order valence-corrected chi connectivity index (χ3v) is 9.28. The van der Waals surface area contributed by atoms with Crippen molar-refractivity contribution in [3.05, 3.63) is 120 Å². The Morgan fingerprint density at radius 1 is 0.811 bits per heavy atom. The van der Waals surface area contributed by atoms with Gasteiger partial charge in [-0.15, -0.1) is 0 Å². The van der Waals surface area contributed by atoms with Gasteiger partial charge in [0.15, 0.2) is 0 Å². The zero-order chi connectivity index (χ0) is 26.2. The Bertz CT molecular complexity index is 1290. The molecule has 1 amide bonds. The van der Waals surface area contributed by atoms with Crippen LogP contribution in [0.2, 0.25) is 0 Å². The van der Waals surface area contributed by atoms with Gasteiger partial charge in [-0.25, -0.2) is 0 Å². The number of aryl methyl sites for hydroxylation is 2. The van der Waals surface area contributed by atoms with Gasteiger partial charge in [-0.05, 0) is 54.7 Å². The maximum atomic E-state index is 13.5. The second kappa shape index (κ2) is 12.6. The summed E-state index contributed by atoms with van der Waals surface area (Å²) >= 11 is 0. The van der Waals surface area contributed by atoms with Crippen LogP contribution < -0.4 is 21.2 Å². The topological polar surface area (TPSA) is 41.5 Å². The van der Waals surface area contributed by atoms with Crippen molar-refractivity contribution in [2.24, 2.45) is 10.9 Å². The molecule has 0 aromatic heterocycles. The quantitative estimate of drug-likeness (QED) is 0.203. The minimum Gasteiger partial charge on any atom is -0.324 e. The Labute approximate surface area is 222 Å². The van der Waals surface area contributed by atoms with Crippen LogP contribution in [0.15, 0.2) is 108 Å². The summed E-state index contributed by atoms with van der Waals surface area (Å²) in [6.45, 7) is 8.25. The molecule has 188 valence electrons. The average molecular weight is 507 g/mol. The van der Waals surface area contributed by atoms with Crippen LogP contribution in [0.25, 0.3) is 0 Å². The summed E-state index contributed by atoms with van der Waals surface area (Å²) in [4.78, 5) is 18.4. The van der Waals surface area contributed by atoms with Crippen molar-refractivity contribution in [3.63, 3.8) is 0 Å². The lowest BCUT2D eigenvalue weighted by Gasteiger charge is -2.22. The van der Waals surface area contributed by atoms with Crippen LogP contribution in [0.4, 0.5) is 5.69 Å². The van der Waals surface area contributed by atoms with Gasteiger partial charge in [-0.3, -0.25) is 9.79 Å². The molecule has 4 heteroatoms. The minimum absolute atomic E-state index is 0.0612. The van der Waals surface area contributed by atoms with Crippen LogP contribution in [-0.2, 0) is 4.79 Å². The fraction of sp³-hybridized carbons (Fsp3) is 0.212. The van der Waals surface area contributed by atoms with Crippen LogP contribution in [0.5, 0.6) is 0 Å². The Balaban J connectivity index is 1.71. The molecule has 0 spiro atoms. The largest absolute Gasteiger partial charge is 0.324 e. The van der Waals surface area contributed by atoms with Gasteiger partial charge < -0.3 is 5.32 Å². The van der Waals surface area contributed by atoms with E-state index in [1.54, 1.807) is 0 Å². The zero-order valence-electron chi connectivity index (χ0n) is 22.1. The van der Waals surface area contributed by atoms with E-state index in [1.165, 1.54) is 15.9 Å². The van der Waals surface area contributed by atoms with Crippen LogP contribution in [0.1, 0.15) is 37.0 Å². The minimum atomic E-state index is -0.772. The molecule has 0 saturated carbocycles. The molecule has 2 atom stereocenters. The normalized spacial score (nSPS) is 13.0. The predicted molar refractivity (Wildman–Crippen MR) is 161 cm³/mol. The Hall–Kier alpha value is -3.55. The number of anilines is 1. The number of carbonyl (C=O) groups is 1. The molecule has 37 heavy (non-hydrogen) atoms. The fourth-order valence-electron chi connectivity index (χ4n) is 4.45. The van der Waals surface area contributed by atoms with Crippen LogP contribution in [0, 0.1) is 19.8 Å². The number of hydrogen-bond donors (Lipinski definition) is 1. The van der Waals surface area contributed by atoms with Gasteiger partial charge in [0.1, 0.15) is 6.04 Å². The maximum Gasteiger partial charge on any atom is 0.249 e. The first-order valence-corrected chi connectivity index (χ1v) is 14.2. The molecule has 0 heterocycles. The van der Waals surface area contributed by atoms with Crippen molar-refractivity contribution in [1.29, 1.82) is 0 Å². The summed E-state index contributed by atoms with van der Waals surface area (Å²) in [5, 5.41) is 6.98. The highest BCUT2D eigenvalue weighted by Crippen LogP contribution is 2.33. The van der Waals surface area contributed by atoms with Crippen molar-refractivity contribution in [2.45, 2.75) is 40.2 Å². The molecule has 2 unspecified atom stereocenters. The molecule has 0 aliphatic rings. The molecule has 4 aromatic rings. The van der Waals surface area contributed by atoms with E-state index in [0.717, 1.165) is 28.8 Å². The molecule has 0 radical (unpaired) electrons. The first kappa shape index (κ1) is 26.5. The highest BCUT2D eigenvalue weighted by Gasteiger charge is 2.24. The lowest BCUT2D eigenvalue weighted by molar-refractivity contribution is -0.118. The van der Waals surface area contributed by atoms with E-state index >= 15 is 0 Å². The molecule has 0 aliphatic heterocycles. The molecule has 3 nitrogen and oxygen atoms in total. The van der Waals surface area contributed by atoms with Crippen LogP contribution in [0.3, 0.4) is 0 Å². The molecule has 0 fully saturated rings. The van der Waals surface area contributed by atoms with Crippen LogP contribution in [-0.4, -0.2) is 18.2 Å². The lowest BCUT2D eigenvalue weighted by atomic mass is 9.98. The van der Waals surface area contributed by atoms with Crippen LogP contribution >= 0.6 is 7.92 Å². The summed E-state index contributed by atoms with van der Waals surface area (Å²) in [6, 6.07) is 35.3. The van der Waals surface area contributed by atoms with Gasteiger partial charge in [0.25, 0.3) is 0 Å². The molecule has 4 aromatic carbocycles. The number of nitrogens with one attached hydrogen (secondary N) is 1. The Morgan fingerprint density at radius 3 is 1.92 bits per heavy atom. The summed E-state index contributed by atoms with van der Waals surface area (Å²) < 4.78 is 0. The standard InChI is InChI=1S/C33H35N2OP/c1-5-24(2)32(33(36)35-31-25(3)15-14-16-26(31)4)34-23-27-17-12-13-22-30(27)37(28-18-8-6-9-19-28)29-20-10-7-11-21-29/h6-24,32H,5H2,1-4H3,(H,35,36). The number of para-hydroxylation sites is 1. The van der Waals surface area contributed by atoms with Crippen molar-refractivity contribution in [3.8, 4) is 0 Å². The summed E-state index contributed by atoms with van der Waals surface area (Å²) in [6.07, 6.45) is 2.78. The number of aliphatic imine (C=N–C) groups is 1. The number of amides is 1. The van der Waals surface area contributed by atoms with E-state index in [4.69, 9.17) is 4.99 Å². The van der Waals surface area contributed by atoms with Gasteiger partial charge in [0.05, 0.1) is 0 Å². The first-order valence-electron chi connectivity index (χ1n) is 12.9. The molecule has 0 bridgehead atoms. The van der Waals surface area contributed by atoms with Gasteiger partial charge in [-0.2, -0.15) is 0 Å². The third-order valence-electron chi connectivity index (χ3n) is 6.76. The van der Waals surface area contributed by atoms with E-state index in [2.05, 4.69) is 98.0 Å². The van der Waals surface area contributed by atoms with E-state index < -0.39 is 14.0 Å². The lowest BCUT2D eigenvalue weighted by Crippen LogP contribution is -2.32. The predicted octanol–water partition coefficient (Wildman–Crippen LogP) is 6.53. The molecular weight excluding hydrogens is 471 g/mol. The Morgan fingerprint density at radius 2 is 1.35 bits per heavy atom. The summed E-state index contributed by atoms with van der Waals surface area (Å²) in [7, 11) is -0.772. The van der Waals surface area contributed by atoms with Gasteiger partial charge in [0, 0.05) is 17.5 Å². The Kier molecular flexibility index (Phi) is 9.04. The molecule has 0 aliphatic carbocycles. The van der Waals surface area contributed by atoms with Crippen molar-refractivity contribution in [1.82, 2.24) is 0 Å².